The maximum absolute atomic E-state index is 9.10. The Balaban J connectivity index is 2.14. The number of rotatable bonds is 10. The predicted molar refractivity (Wildman–Crippen MR) is 87.0 cm³/mol. The highest BCUT2D eigenvalue weighted by atomic mass is 14.9. The third-order valence-electron chi connectivity index (χ3n) is 3.73. The van der Waals surface area contributed by atoms with Gasteiger partial charge in [0.1, 0.15) is 6.07 Å². The lowest BCUT2D eigenvalue weighted by Gasteiger charge is -2.11. The summed E-state index contributed by atoms with van der Waals surface area (Å²) in [6.45, 7) is 5.28. The van der Waals surface area contributed by atoms with E-state index in [1.54, 1.807) is 0 Å². The summed E-state index contributed by atoms with van der Waals surface area (Å²) >= 11 is 0. The van der Waals surface area contributed by atoms with Crippen LogP contribution in [0, 0.1) is 18.3 Å². The largest absolute Gasteiger partial charge is 0.384 e. The van der Waals surface area contributed by atoms with Crippen molar-refractivity contribution in [2.24, 2.45) is 0 Å². The fourth-order valence-corrected chi connectivity index (χ4v) is 2.47. The van der Waals surface area contributed by atoms with Crippen LogP contribution in [0.5, 0.6) is 0 Å². The molecule has 0 unspecified atom stereocenters. The van der Waals surface area contributed by atoms with Gasteiger partial charge in [-0.15, -0.1) is 0 Å². The Labute approximate surface area is 124 Å². The molecule has 1 rings (SSSR count). The van der Waals surface area contributed by atoms with Gasteiger partial charge < -0.3 is 5.32 Å². The average Bonchev–Trinajstić information content (AvgIpc) is 2.46. The van der Waals surface area contributed by atoms with E-state index >= 15 is 0 Å². The first kappa shape index (κ1) is 16.6. The second-order valence-corrected chi connectivity index (χ2v) is 5.51. The monoisotopic (exact) mass is 272 g/mol. The predicted octanol–water partition coefficient (Wildman–Crippen LogP) is 5.42. The van der Waals surface area contributed by atoms with Gasteiger partial charge in [0.2, 0.25) is 0 Å². The van der Waals surface area contributed by atoms with E-state index in [2.05, 4.69) is 31.3 Å². The van der Waals surface area contributed by atoms with E-state index in [-0.39, 0.29) is 0 Å². The first-order valence-corrected chi connectivity index (χ1v) is 8.03. The summed E-state index contributed by atoms with van der Waals surface area (Å²) in [5.74, 6) is 0. The summed E-state index contributed by atoms with van der Waals surface area (Å²) < 4.78 is 0. The number of benzene rings is 1. The maximum Gasteiger partial charge on any atom is 0.101 e. The SMILES string of the molecule is CCCCCCCCCCNc1c(C)cccc1C#N. The number of nitriles is 1. The van der Waals surface area contributed by atoms with Crippen molar-refractivity contribution in [3.63, 3.8) is 0 Å². The molecule has 1 N–H and O–H groups in total. The van der Waals surface area contributed by atoms with Crippen molar-refractivity contribution >= 4 is 5.69 Å². The summed E-state index contributed by atoms with van der Waals surface area (Å²) in [5.41, 5.74) is 2.92. The fourth-order valence-electron chi connectivity index (χ4n) is 2.47. The summed E-state index contributed by atoms with van der Waals surface area (Å²) in [5, 5.41) is 12.5. The minimum Gasteiger partial charge on any atom is -0.384 e. The molecule has 0 bridgehead atoms. The smallest absolute Gasteiger partial charge is 0.101 e. The van der Waals surface area contributed by atoms with Gasteiger partial charge >= 0.3 is 0 Å². The highest BCUT2D eigenvalue weighted by Crippen LogP contribution is 2.19. The van der Waals surface area contributed by atoms with Gasteiger partial charge in [0.25, 0.3) is 0 Å². The van der Waals surface area contributed by atoms with Crippen LogP contribution < -0.4 is 5.32 Å². The molecule has 20 heavy (non-hydrogen) atoms. The Morgan fingerprint density at radius 3 is 2.30 bits per heavy atom. The third kappa shape index (κ3) is 6.10. The molecule has 2 nitrogen and oxygen atoms in total. The minimum absolute atomic E-state index is 0.754. The molecule has 0 saturated heterocycles. The van der Waals surface area contributed by atoms with E-state index in [0.29, 0.717) is 0 Å². The molecule has 0 aliphatic heterocycles. The van der Waals surface area contributed by atoms with Gasteiger partial charge in [-0.2, -0.15) is 5.26 Å². The van der Waals surface area contributed by atoms with Crippen LogP contribution in [0.1, 0.15) is 69.4 Å². The van der Waals surface area contributed by atoms with Crippen molar-refractivity contribution in [3.05, 3.63) is 29.3 Å². The van der Waals surface area contributed by atoms with E-state index < -0.39 is 0 Å². The molecule has 0 amide bonds. The van der Waals surface area contributed by atoms with E-state index in [1.807, 2.05) is 12.1 Å². The standard InChI is InChI=1S/C18H28N2/c1-3-4-5-6-7-8-9-10-14-20-18-16(2)12-11-13-17(18)15-19/h11-13,20H,3-10,14H2,1-2H3. The first-order valence-electron chi connectivity index (χ1n) is 8.03. The lowest BCUT2D eigenvalue weighted by molar-refractivity contribution is 0.581. The highest BCUT2D eigenvalue weighted by molar-refractivity contribution is 5.62. The Kier molecular flexibility index (Phi) is 8.54. The second kappa shape index (κ2) is 10.3. The topological polar surface area (TPSA) is 35.8 Å². The van der Waals surface area contributed by atoms with Crippen molar-refractivity contribution < 1.29 is 0 Å². The molecule has 110 valence electrons. The molecule has 0 saturated carbocycles. The van der Waals surface area contributed by atoms with Crippen LogP contribution in [0.4, 0.5) is 5.69 Å². The summed E-state index contributed by atoms with van der Waals surface area (Å²) in [7, 11) is 0. The minimum atomic E-state index is 0.754. The van der Waals surface area contributed by atoms with E-state index in [0.717, 1.165) is 23.4 Å². The third-order valence-corrected chi connectivity index (χ3v) is 3.73. The van der Waals surface area contributed by atoms with Crippen molar-refractivity contribution in [2.75, 3.05) is 11.9 Å². The fraction of sp³-hybridized carbons (Fsp3) is 0.611. The van der Waals surface area contributed by atoms with Crippen molar-refractivity contribution in [1.82, 2.24) is 0 Å². The number of anilines is 1. The van der Waals surface area contributed by atoms with E-state index in [9.17, 15) is 0 Å². The van der Waals surface area contributed by atoms with E-state index in [4.69, 9.17) is 5.26 Å². The molecule has 0 radical (unpaired) electrons. The van der Waals surface area contributed by atoms with Crippen molar-refractivity contribution in [1.29, 1.82) is 5.26 Å². The zero-order valence-corrected chi connectivity index (χ0v) is 13.0. The summed E-state index contributed by atoms with van der Waals surface area (Å²) in [6.07, 6.45) is 10.7. The van der Waals surface area contributed by atoms with Crippen LogP contribution in [0.25, 0.3) is 0 Å². The zero-order valence-electron chi connectivity index (χ0n) is 13.0. The van der Waals surface area contributed by atoms with Gasteiger partial charge in [-0.3, -0.25) is 0 Å². The summed E-state index contributed by atoms with van der Waals surface area (Å²) in [4.78, 5) is 0. The van der Waals surface area contributed by atoms with Gasteiger partial charge in [-0.1, -0.05) is 64.0 Å². The number of unbranched alkanes of at least 4 members (excludes halogenated alkanes) is 7. The number of aryl methyl sites for hydroxylation is 1. The molecule has 0 aliphatic carbocycles. The van der Waals surface area contributed by atoms with Crippen LogP contribution in [0.15, 0.2) is 18.2 Å². The zero-order chi connectivity index (χ0) is 14.6. The quantitative estimate of drug-likeness (QED) is 0.577. The van der Waals surface area contributed by atoms with Crippen molar-refractivity contribution in [3.8, 4) is 6.07 Å². The lowest BCUT2D eigenvalue weighted by atomic mass is 10.1. The molecule has 2 heteroatoms. The summed E-state index contributed by atoms with van der Waals surface area (Å²) in [6, 6.07) is 8.13. The molecule has 0 heterocycles. The van der Waals surface area contributed by atoms with Gasteiger partial charge in [-0.25, -0.2) is 0 Å². The molecule has 0 aliphatic rings. The Hall–Kier alpha value is -1.49. The maximum atomic E-state index is 9.10. The molecule has 1 aromatic carbocycles. The average molecular weight is 272 g/mol. The first-order chi connectivity index (χ1) is 9.79. The van der Waals surface area contributed by atoms with Gasteiger partial charge in [0, 0.05) is 6.54 Å². The Morgan fingerprint density at radius 2 is 1.65 bits per heavy atom. The number of nitrogens with zero attached hydrogens (tertiary/aromatic N) is 1. The molecular weight excluding hydrogens is 244 g/mol. The van der Waals surface area contributed by atoms with Crippen LogP contribution >= 0.6 is 0 Å². The van der Waals surface area contributed by atoms with Gasteiger partial charge in [0.15, 0.2) is 0 Å². The van der Waals surface area contributed by atoms with Crippen LogP contribution in [-0.2, 0) is 0 Å². The second-order valence-electron chi connectivity index (χ2n) is 5.51. The molecule has 0 aromatic heterocycles. The van der Waals surface area contributed by atoms with Gasteiger partial charge in [0.05, 0.1) is 11.3 Å². The van der Waals surface area contributed by atoms with Crippen LogP contribution in [-0.4, -0.2) is 6.54 Å². The number of para-hydroxylation sites is 1. The van der Waals surface area contributed by atoms with E-state index in [1.165, 1.54) is 51.4 Å². The molecular formula is C18H28N2. The van der Waals surface area contributed by atoms with Crippen molar-refractivity contribution in [2.45, 2.75) is 65.2 Å². The lowest BCUT2D eigenvalue weighted by Crippen LogP contribution is -2.04. The molecule has 1 aromatic rings. The van der Waals surface area contributed by atoms with Gasteiger partial charge in [-0.05, 0) is 25.0 Å². The Morgan fingerprint density at radius 1 is 1.00 bits per heavy atom. The number of nitrogens with one attached hydrogen (secondary N) is 1. The molecule has 0 atom stereocenters. The molecule has 0 spiro atoms. The number of hydrogen-bond donors (Lipinski definition) is 1. The Bertz CT molecular complexity index is 418. The molecule has 0 fully saturated rings. The van der Waals surface area contributed by atoms with Crippen LogP contribution in [0.3, 0.4) is 0 Å². The number of hydrogen-bond acceptors (Lipinski definition) is 2. The highest BCUT2D eigenvalue weighted by Gasteiger charge is 2.03. The normalized spacial score (nSPS) is 10.2. The van der Waals surface area contributed by atoms with Crippen LogP contribution in [0.2, 0.25) is 0 Å².